The first kappa shape index (κ1) is 20.5. The Morgan fingerprint density at radius 1 is 1.00 bits per heavy atom. The fraction of sp³-hybridized carbons (Fsp3) is 0.526. The number of benzene rings is 1. The van der Waals surface area contributed by atoms with E-state index in [2.05, 4.69) is 43.2 Å². The van der Waals surface area contributed by atoms with Gasteiger partial charge in [-0.2, -0.15) is 5.10 Å². The van der Waals surface area contributed by atoms with Crippen molar-refractivity contribution in [3.8, 4) is 0 Å². The summed E-state index contributed by atoms with van der Waals surface area (Å²) in [7, 11) is 5.71. The predicted molar refractivity (Wildman–Crippen MR) is 99.6 cm³/mol. The Balaban J connectivity index is 0.000000307. The number of rotatable bonds is 4. The number of aliphatic hydroxyl groups is 2. The molecule has 1 heterocycles. The molecule has 0 fully saturated rings. The molecule has 5 heteroatoms. The molecule has 1 unspecified atom stereocenters. The van der Waals surface area contributed by atoms with Crippen molar-refractivity contribution in [2.24, 2.45) is 5.92 Å². The van der Waals surface area contributed by atoms with Crippen molar-refractivity contribution < 1.29 is 10.2 Å². The topological polar surface area (TPSA) is 58.3 Å². The van der Waals surface area contributed by atoms with Gasteiger partial charge in [-0.1, -0.05) is 49.6 Å². The third kappa shape index (κ3) is 5.80. The standard InChI is InChI=1S/C13H15BN2.C6H14O2/c1-10(2)13(11-6-4-3-5-7-11)16-9-12(14)8-15-16;1-5(2,7)6(3,4)8/h3-10,13H,1-2H3;7-8H,1-4H3. The average molecular weight is 328 g/mol. The van der Waals surface area contributed by atoms with Crippen LogP contribution in [-0.4, -0.2) is 39.0 Å². The molecular formula is C19H29BN2O2. The highest BCUT2D eigenvalue weighted by atomic mass is 16.3. The third-order valence-corrected chi connectivity index (χ3v) is 4.18. The van der Waals surface area contributed by atoms with E-state index >= 15 is 0 Å². The molecule has 0 saturated heterocycles. The van der Waals surface area contributed by atoms with Crippen molar-refractivity contribution in [2.45, 2.75) is 58.8 Å². The Bertz CT molecular complexity index is 598. The second kappa shape index (κ2) is 7.99. The van der Waals surface area contributed by atoms with E-state index in [1.54, 1.807) is 33.9 Å². The zero-order valence-corrected chi connectivity index (χ0v) is 15.6. The summed E-state index contributed by atoms with van der Waals surface area (Å²) < 4.78 is 1.94. The molecule has 0 saturated carbocycles. The van der Waals surface area contributed by atoms with Gasteiger partial charge >= 0.3 is 0 Å². The van der Waals surface area contributed by atoms with Crippen molar-refractivity contribution in [3.63, 3.8) is 0 Å². The molecule has 2 N–H and O–H groups in total. The Hall–Kier alpha value is -1.59. The summed E-state index contributed by atoms with van der Waals surface area (Å²) >= 11 is 0. The summed E-state index contributed by atoms with van der Waals surface area (Å²) in [5, 5.41) is 22.5. The number of hydrogen-bond donors (Lipinski definition) is 2. The Labute approximate surface area is 146 Å². The van der Waals surface area contributed by atoms with Gasteiger partial charge in [-0.15, -0.1) is 0 Å². The minimum atomic E-state index is -1.01. The molecule has 1 aromatic heterocycles. The number of hydrogen-bond acceptors (Lipinski definition) is 3. The maximum atomic E-state index is 9.10. The van der Waals surface area contributed by atoms with Crippen LogP contribution in [0.15, 0.2) is 42.7 Å². The Morgan fingerprint density at radius 2 is 1.50 bits per heavy atom. The molecule has 0 aliphatic heterocycles. The van der Waals surface area contributed by atoms with E-state index in [0.717, 1.165) is 0 Å². The van der Waals surface area contributed by atoms with Crippen LogP contribution in [0.3, 0.4) is 0 Å². The lowest BCUT2D eigenvalue weighted by Crippen LogP contribution is -2.44. The van der Waals surface area contributed by atoms with Crippen LogP contribution in [0.25, 0.3) is 0 Å². The molecule has 0 bridgehead atoms. The highest BCUT2D eigenvalue weighted by Gasteiger charge is 2.31. The van der Waals surface area contributed by atoms with Gasteiger partial charge in [0, 0.05) is 12.4 Å². The highest BCUT2D eigenvalue weighted by molar-refractivity contribution is 6.31. The average Bonchev–Trinajstić information content (AvgIpc) is 2.84. The molecule has 24 heavy (non-hydrogen) atoms. The molecule has 0 aliphatic rings. The van der Waals surface area contributed by atoms with Crippen LogP contribution in [0, 0.1) is 5.92 Å². The van der Waals surface area contributed by atoms with Gasteiger partial charge in [0.1, 0.15) is 7.85 Å². The second-order valence-corrected chi connectivity index (χ2v) is 7.47. The van der Waals surface area contributed by atoms with Gasteiger partial charge in [0.2, 0.25) is 0 Å². The monoisotopic (exact) mass is 328 g/mol. The van der Waals surface area contributed by atoms with Crippen LogP contribution in [0.5, 0.6) is 0 Å². The van der Waals surface area contributed by atoms with Crippen LogP contribution in [-0.2, 0) is 0 Å². The van der Waals surface area contributed by atoms with Crippen LogP contribution < -0.4 is 5.46 Å². The second-order valence-electron chi connectivity index (χ2n) is 7.47. The van der Waals surface area contributed by atoms with Gasteiger partial charge in [-0.25, -0.2) is 0 Å². The normalized spacial score (nSPS) is 13.4. The number of nitrogens with zero attached hydrogens (tertiary/aromatic N) is 2. The lowest BCUT2D eigenvalue weighted by Gasteiger charge is -2.31. The number of aromatic nitrogens is 2. The van der Waals surface area contributed by atoms with E-state index in [4.69, 9.17) is 18.1 Å². The molecule has 2 radical (unpaired) electrons. The van der Waals surface area contributed by atoms with E-state index in [-0.39, 0.29) is 6.04 Å². The van der Waals surface area contributed by atoms with Crippen LogP contribution >= 0.6 is 0 Å². The summed E-state index contributed by atoms with van der Waals surface area (Å²) in [6.45, 7) is 10.7. The largest absolute Gasteiger partial charge is 0.387 e. The molecule has 0 amide bonds. The highest BCUT2D eigenvalue weighted by Crippen LogP contribution is 2.24. The van der Waals surface area contributed by atoms with Crippen LogP contribution in [0.2, 0.25) is 0 Å². The van der Waals surface area contributed by atoms with Crippen molar-refractivity contribution in [1.29, 1.82) is 0 Å². The smallest absolute Gasteiger partial charge is 0.118 e. The predicted octanol–water partition coefficient (Wildman–Crippen LogP) is 2.45. The fourth-order valence-corrected chi connectivity index (χ4v) is 2.00. The van der Waals surface area contributed by atoms with Gasteiger partial charge in [0.15, 0.2) is 0 Å². The maximum Gasteiger partial charge on any atom is 0.118 e. The van der Waals surface area contributed by atoms with Crippen LogP contribution in [0.1, 0.15) is 53.1 Å². The summed E-state index contributed by atoms with van der Waals surface area (Å²) in [4.78, 5) is 0. The van der Waals surface area contributed by atoms with Crippen molar-refractivity contribution in [3.05, 3.63) is 48.3 Å². The minimum Gasteiger partial charge on any atom is -0.387 e. The van der Waals surface area contributed by atoms with Crippen LogP contribution in [0.4, 0.5) is 0 Å². The molecule has 1 atom stereocenters. The summed E-state index contributed by atoms with van der Waals surface area (Å²) in [5.41, 5.74) is -0.0396. The molecule has 4 nitrogen and oxygen atoms in total. The summed E-state index contributed by atoms with van der Waals surface area (Å²) in [5.74, 6) is 0.474. The fourth-order valence-electron chi connectivity index (χ4n) is 2.00. The lowest BCUT2D eigenvalue weighted by molar-refractivity contribution is -0.107. The Kier molecular flexibility index (Phi) is 6.81. The summed E-state index contributed by atoms with van der Waals surface area (Å²) in [6.07, 6.45) is 3.58. The van der Waals surface area contributed by atoms with E-state index in [0.29, 0.717) is 11.4 Å². The van der Waals surface area contributed by atoms with Gasteiger partial charge in [0.25, 0.3) is 0 Å². The minimum absolute atomic E-state index is 0.249. The molecule has 1 aromatic carbocycles. The molecule has 0 spiro atoms. The first-order valence-corrected chi connectivity index (χ1v) is 8.23. The quantitative estimate of drug-likeness (QED) is 0.848. The third-order valence-electron chi connectivity index (χ3n) is 4.18. The summed E-state index contributed by atoms with van der Waals surface area (Å²) in [6, 6.07) is 10.6. The van der Waals surface area contributed by atoms with E-state index in [1.165, 1.54) is 5.56 Å². The van der Waals surface area contributed by atoms with Gasteiger partial charge in [-0.05, 0) is 39.2 Å². The zero-order valence-electron chi connectivity index (χ0n) is 15.6. The van der Waals surface area contributed by atoms with E-state index < -0.39 is 11.2 Å². The van der Waals surface area contributed by atoms with Crippen molar-refractivity contribution in [1.82, 2.24) is 9.78 Å². The lowest BCUT2D eigenvalue weighted by atomic mass is 9.90. The molecule has 0 aliphatic carbocycles. The Morgan fingerprint density at radius 3 is 1.83 bits per heavy atom. The zero-order chi connectivity index (χ0) is 18.5. The molecule has 130 valence electrons. The first-order valence-electron chi connectivity index (χ1n) is 8.23. The van der Waals surface area contributed by atoms with Gasteiger partial charge < -0.3 is 10.2 Å². The maximum absolute atomic E-state index is 9.10. The molecular weight excluding hydrogens is 299 g/mol. The first-order chi connectivity index (χ1) is 10.9. The van der Waals surface area contributed by atoms with E-state index in [9.17, 15) is 0 Å². The van der Waals surface area contributed by atoms with Crippen molar-refractivity contribution >= 4 is 13.3 Å². The van der Waals surface area contributed by atoms with Crippen molar-refractivity contribution in [2.75, 3.05) is 0 Å². The van der Waals surface area contributed by atoms with Gasteiger partial charge in [-0.3, -0.25) is 4.68 Å². The van der Waals surface area contributed by atoms with Gasteiger partial charge in [0.05, 0.1) is 17.2 Å². The molecule has 2 aromatic rings. The molecule has 2 rings (SSSR count). The SMILES string of the molecule is CC(C)(O)C(C)(C)O.[B]c1cnn(C(c2ccccc2)C(C)C)c1. The van der Waals surface area contributed by atoms with E-state index in [1.807, 2.05) is 16.9 Å².